The Bertz CT molecular complexity index is 924. The molecule has 0 saturated carbocycles. The summed E-state index contributed by atoms with van der Waals surface area (Å²) in [5.74, 6) is -0.889. The van der Waals surface area contributed by atoms with Crippen molar-refractivity contribution in [3.63, 3.8) is 0 Å². The van der Waals surface area contributed by atoms with Crippen molar-refractivity contribution in [2.75, 3.05) is 6.54 Å². The van der Waals surface area contributed by atoms with Crippen LogP contribution >= 0.6 is 38.9 Å². The van der Waals surface area contributed by atoms with Crippen molar-refractivity contribution >= 4 is 60.8 Å². The summed E-state index contributed by atoms with van der Waals surface area (Å²) in [6.45, 7) is -0.0500. The lowest BCUT2D eigenvalue weighted by molar-refractivity contribution is -0.143. The molecule has 3 rings (SSSR count). The molecule has 1 aromatic heterocycles. The predicted octanol–water partition coefficient (Wildman–Crippen LogP) is 4.79. The first-order chi connectivity index (χ1) is 12.0. The van der Waals surface area contributed by atoms with E-state index in [0.717, 1.165) is 20.1 Å². The minimum absolute atomic E-state index is 0.158. The van der Waals surface area contributed by atoms with Gasteiger partial charge in [0.05, 0.1) is 5.02 Å². The van der Waals surface area contributed by atoms with E-state index in [-0.39, 0.29) is 19.1 Å². The van der Waals surface area contributed by atoms with Crippen molar-refractivity contribution in [2.45, 2.75) is 6.61 Å². The number of halogens is 2. The summed E-state index contributed by atoms with van der Waals surface area (Å²) in [5.41, 5.74) is 0.871. The number of esters is 1. The number of rotatable bonds is 5. The standard InChI is InChI=1S/C18H13BrClNO3S/c19-12-7-5-11(6-8-12)10-24-15(22)9-21-18(23)17-16(20)13-3-1-2-4-14(13)25-17/h1-8H,9-10H2,(H,21,23). The molecule has 0 aliphatic carbocycles. The van der Waals surface area contributed by atoms with E-state index in [1.165, 1.54) is 11.3 Å². The Morgan fingerprint density at radius 3 is 2.56 bits per heavy atom. The number of ether oxygens (including phenoxy) is 1. The average Bonchev–Trinajstić information content (AvgIpc) is 2.96. The minimum Gasteiger partial charge on any atom is -0.460 e. The van der Waals surface area contributed by atoms with Crippen LogP contribution < -0.4 is 5.32 Å². The van der Waals surface area contributed by atoms with Gasteiger partial charge in [-0.25, -0.2) is 0 Å². The molecule has 1 heterocycles. The summed E-state index contributed by atoms with van der Waals surface area (Å²) in [6.07, 6.45) is 0. The minimum atomic E-state index is -0.506. The van der Waals surface area contributed by atoms with Crippen LogP contribution in [0.25, 0.3) is 10.1 Å². The SMILES string of the molecule is O=C(CNC(=O)c1sc2ccccc2c1Cl)OCc1ccc(Br)cc1. The zero-order chi connectivity index (χ0) is 17.8. The second kappa shape index (κ2) is 7.99. The third-order valence-corrected chi connectivity index (χ3v) is 5.65. The second-order valence-electron chi connectivity index (χ2n) is 5.21. The molecule has 0 atom stereocenters. The van der Waals surface area contributed by atoms with Crippen LogP contribution in [-0.2, 0) is 16.1 Å². The lowest BCUT2D eigenvalue weighted by atomic mass is 10.2. The van der Waals surface area contributed by atoms with Crippen molar-refractivity contribution in [1.29, 1.82) is 0 Å². The summed E-state index contributed by atoms with van der Waals surface area (Å²) in [5, 5.41) is 3.79. The fourth-order valence-electron chi connectivity index (χ4n) is 2.19. The van der Waals surface area contributed by atoms with Gasteiger partial charge >= 0.3 is 5.97 Å². The average molecular weight is 439 g/mol. The molecule has 25 heavy (non-hydrogen) atoms. The summed E-state index contributed by atoms with van der Waals surface area (Å²) >= 11 is 10.9. The summed E-state index contributed by atoms with van der Waals surface area (Å²) < 4.78 is 7.02. The molecule has 0 unspecified atom stereocenters. The number of hydrogen-bond donors (Lipinski definition) is 1. The molecule has 4 nitrogen and oxygen atoms in total. The lowest BCUT2D eigenvalue weighted by Gasteiger charge is -2.06. The smallest absolute Gasteiger partial charge is 0.325 e. The fourth-order valence-corrected chi connectivity index (χ4v) is 3.89. The Morgan fingerprint density at radius 2 is 1.84 bits per heavy atom. The van der Waals surface area contributed by atoms with Crippen LogP contribution in [0.2, 0.25) is 5.02 Å². The number of carbonyl (C=O) groups excluding carboxylic acids is 2. The number of thiophene rings is 1. The molecule has 0 aliphatic rings. The number of benzene rings is 2. The first kappa shape index (κ1) is 17.9. The molecule has 0 aliphatic heterocycles. The van der Waals surface area contributed by atoms with Gasteiger partial charge in [0.15, 0.2) is 0 Å². The van der Waals surface area contributed by atoms with Crippen LogP contribution in [0, 0.1) is 0 Å². The Balaban J connectivity index is 1.55. The van der Waals surface area contributed by atoms with E-state index in [1.807, 2.05) is 48.5 Å². The van der Waals surface area contributed by atoms with Gasteiger partial charge in [0.25, 0.3) is 5.91 Å². The van der Waals surface area contributed by atoms with Crippen LogP contribution in [0.15, 0.2) is 53.0 Å². The van der Waals surface area contributed by atoms with E-state index in [1.54, 1.807) is 0 Å². The Morgan fingerprint density at radius 1 is 1.12 bits per heavy atom. The normalized spacial score (nSPS) is 10.6. The molecule has 2 aromatic carbocycles. The zero-order valence-electron chi connectivity index (χ0n) is 12.9. The van der Waals surface area contributed by atoms with E-state index < -0.39 is 5.97 Å². The third kappa shape index (κ3) is 4.39. The molecule has 0 spiro atoms. The van der Waals surface area contributed by atoms with Crippen LogP contribution in [0.1, 0.15) is 15.2 Å². The van der Waals surface area contributed by atoms with Gasteiger partial charge in [-0.3, -0.25) is 9.59 Å². The van der Waals surface area contributed by atoms with Crippen LogP contribution in [0.3, 0.4) is 0 Å². The molecule has 128 valence electrons. The summed E-state index contributed by atoms with van der Waals surface area (Å²) in [6, 6.07) is 15.0. The zero-order valence-corrected chi connectivity index (χ0v) is 16.1. The van der Waals surface area contributed by atoms with Crippen LogP contribution in [0.5, 0.6) is 0 Å². The fraction of sp³-hybridized carbons (Fsp3) is 0.111. The van der Waals surface area contributed by atoms with Gasteiger partial charge in [-0.2, -0.15) is 0 Å². The molecule has 1 N–H and O–H groups in total. The van der Waals surface area contributed by atoms with Crippen molar-refractivity contribution < 1.29 is 14.3 Å². The van der Waals surface area contributed by atoms with Gasteiger partial charge in [-0.15, -0.1) is 11.3 Å². The Hall–Kier alpha value is -1.89. The number of nitrogens with one attached hydrogen (secondary N) is 1. The lowest BCUT2D eigenvalue weighted by Crippen LogP contribution is -2.30. The molecule has 0 bridgehead atoms. The highest BCUT2D eigenvalue weighted by Gasteiger charge is 2.17. The van der Waals surface area contributed by atoms with Gasteiger partial charge < -0.3 is 10.1 Å². The highest BCUT2D eigenvalue weighted by atomic mass is 79.9. The second-order valence-corrected chi connectivity index (χ2v) is 7.56. The highest BCUT2D eigenvalue weighted by molar-refractivity contribution is 9.10. The van der Waals surface area contributed by atoms with E-state index in [4.69, 9.17) is 16.3 Å². The first-order valence-corrected chi connectivity index (χ1v) is 9.38. The van der Waals surface area contributed by atoms with Gasteiger partial charge in [-0.1, -0.05) is 57.9 Å². The number of amides is 1. The van der Waals surface area contributed by atoms with E-state index in [0.29, 0.717) is 9.90 Å². The van der Waals surface area contributed by atoms with Crippen molar-refractivity contribution in [2.24, 2.45) is 0 Å². The van der Waals surface area contributed by atoms with E-state index in [9.17, 15) is 9.59 Å². The maximum atomic E-state index is 12.3. The Labute approximate surface area is 161 Å². The molecule has 7 heteroatoms. The molecule has 3 aromatic rings. The molecule has 0 radical (unpaired) electrons. The monoisotopic (exact) mass is 437 g/mol. The van der Waals surface area contributed by atoms with E-state index >= 15 is 0 Å². The quantitative estimate of drug-likeness (QED) is 0.583. The topological polar surface area (TPSA) is 55.4 Å². The maximum Gasteiger partial charge on any atom is 0.325 e. The highest BCUT2D eigenvalue weighted by Crippen LogP contribution is 2.34. The van der Waals surface area contributed by atoms with Gasteiger partial charge in [0.1, 0.15) is 18.0 Å². The molecule has 0 fully saturated rings. The maximum absolute atomic E-state index is 12.3. The van der Waals surface area contributed by atoms with Gasteiger partial charge in [0, 0.05) is 14.6 Å². The summed E-state index contributed by atoms with van der Waals surface area (Å²) in [7, 11) is 0. The van der Waals surface area contributed by atoms with Crippen molar-refractivity contribution in [1.82, 2.24) is 5.32 Å². The molecule has 1 amide bonds. The Kier molecular flexibility index (Phi) is 5.73. The van der Waals surface area contributed by atoms with Gasteiger partial charge in [-0.05, 0) is 23.8 Å². The molecule has 0 saturated heterocycles. The van der Waals surface area contributed by atoms with E-state index in [2.05, 4.69) is 21.2 Å². The first-order valence-electron chi connectivity index (χ1n) is 7.40. The number of hydrogen-bond acceptors (Lipinski definition) is 4. The number of carbonyl (C=O) groups is 2. The molecular weight excluding hydrogens is 426 g/mol. The van der Waals surface area contributed by atoms with Gasteiger partial charge in [0.2, 0.25) is 0 Å². The summed E-state index contributed by atoms with van der Waals surface area (Å²) in [4.78, 5) is 24.4. The largest absolute Gasteiger partial charge is 0.460 e. The predicted molar refractivity (Wildman–Crippen MR) is 103 cm³/mol. The van der Waals surface area contributed by atoms with Crippen molar-refractivity contribution in [3.05, 3.63) is 68.5 Å². The molecular formula is C18H13BrClNO3S. The van der Waals surface area contributed by atoms with Crippen LogP contribution in [-0.4, -0.2) is 18.4 Å². The van der Waals surface area contributed by atoms with Crippen molar-refractivity contribution in [3.8, 4) is 0 Å². The third-order valence-electron chi connectivity index (χ3n) is 3.45. The number of fused-ring (bicyclic) bond motifs is 1. The van der Waals surface area contributed by atoms with Crippen LogP contribution in [0.4, 0.5) is 0 Å².